The van der Waals surface area contributed by atoms with Gasteiger partial charge in [0.2, 0.25) is 5.91 Å². The van der Waals surface area contributed by atoms with Gasteiger partial charge in [-0.1, -0.05) is 12.1 Å². The molecule has 0 unspecified atom stereocenters. The minimum atomic E-state index is -0.141. The third-order valence-corrected chi connectivity index (χ3v) is 4.18. The highest BCUT2D eigenvalue weighted by Crippen LogP contribution is 2.19. The third kappa shape index (κ3) is 4.82. The Morgan fingerprint density at radius 2 is 1.91 bits per heavy atom. The number of amides is 1. The van der Waals surface area contributed by atoms with Crippen LogP contribution in [0.15, 0.2) is 24.3 Å². The Kier molecular flexibility index (Phi) is 6.16. The number of piperidine rings is 1. The van der Waals surface area contributed by atoms with Gasteiger partial charge >= 0.3 is 5.97 Å². The number of carbonyl (C=O) groups excluding carboxylic acids is 2. The van der Waals surface area contributed by atoms with Gasteiger partial charge in [-0.15, -0.1) is 0 Å². The molecule has 0 N–H and O–H groups in total. The molecule has 0 aromatic heterocycles. The summed E-state index contributed by atoms with van der Waals surface area (Å²) in [4.78, 5) is 25.8. The Bertz CT molecular complexity index is 581. The van der Waals surface area contributed by atoms with Gasteiger partial charge in [0.1, 0.15) is 0 Å². The summed E-state index contributed by atoms with van der Waals surface area (Å²) in [6, 6.07) is 9.39. The molecule has 0 radical (unpaired) electrons. The number of ether oxygens (including phenoxy) is 1. The van der Waals surface area contributed by atoms with Crippen molar-refractivity contribution in [1.82, 2.24) is 4.90 Å². The molecule has 23 heavy (non-hydrogen) atoms. The number of hydrogen-bond acceptors (Lipinski definition) is 4. The second-order valence-electron chi connectivity index (χ2n) is 5.72. The molecule has 1 aliphatic heterocycles. The zero-order chi connectivity index (χ0) is 16.7. The lowest BCUT2D eigenvalue weighted by molar-refractivity contribution is -0.151. The summed E-state index contributed by atoms with van der Waals surface area (Å²) < 4.78 is 5.04. The van der Waals surface area contributed by atoms with Crippen LogP contribution in [0.25, 0.3) is 0 Å². The van der Waals surface area contributed by atoms with Crippen molar-refractivity contribution >= 4 is 11.9 Å². The number of likely N-dealkylation sites (tertiary alicyclic amines) is 1. The first-order valence-corrected chi connectivity index (χ1v) is 8.07. The molecule has 1 aromatic carbocycles. The predicted molar refractivity (Wildman–Crippen MR) is 85.4 cm³/mol. The highest BCUT2D eigenvalue weighted by atomic mass is 16.5. The minimum Gasteiger partial charge on any atom is -0.466 e. The fourth-order valence-electron chi connectivity index (χ4n) is 2.78. The molecule has 1 fully saturated rings. The van der Waals surface area contributed by atoms with E-state index in [9.17, 15) is 9.59 Å². The third-order valence-electron chi connectivity index (χ3n) is 4.18. The molecule has 0 bridgehead atoms. The average Bonchev–Trinajstić information content (AvgIpc) is 2.60. The maximum absolute atomic E-state index is 12.3. The van der Waals surface area contributed by atoms with Gasteiger partial charge < -0.3 is 9.64 Å². The molecule has 122 valence electrons. The van der Waals surface area contributed by atoms with Gasteiger partial charge in [0, 0.05) is 19.5 Å². The monoisotopic (exact) mass is 314 g/mol. The Morgan fingerprint density at radius 3 is 2.48 bits per heavy atom. The van der Waals surface area contributed by atoms with E-state index in [0.29, 0.717) is 50.9 Å². The highest BCUT2D eigenvalue weighted by Gasteiger charge is 2.27. The van der Waals surface area contributed by atoms with Gasteiger partial charge in [0.05, 0.1) is 24.2 Å². The molecule has 1 heterocycles. The zero-order valence-corrected chi connectivity index (χ0v) is 13.5. The first kappa shape index (κ1) is 17.0. The maximum atomic E-state index is 12.3. The molecular weight excluding hydrogens is 292 g/mol. The van der Waals surface area contributed by atoms with Crippen LogP contribution >= 0.6 is 0 Å². The quantitative estimate of drug-likeness (QED) is 0.782. The lowest BCUT2D eigenvalue weighted by Gasteiger charge is -2.31. The predicted octanol–water partition coefficient (Wildman–Crippen LogP) is 2.29. The van der Waals surface area contributed by atoms with Crippen LogP contribution in [0, 0.1) is 17.2 Å². The molecule has 0 aliphatic carbocycles. The van der Waals surface area contributed by atoms with Crippen LogP contribution in [0.1, 0.15) is 37.3 Å². The van der Waals surface area contributed by atoms with E-state index >= 15 is 0 Å². The van der Waals surface area contributed by atoms with E-state index in [1.165, 1.54) is 0 Å². The van der Waals surface area contributed by atoms with E-state index in [1.807, 2.05) is 17.0 Å². The molecule has 1 amide bonds. The lowest BCUT2D eigenvalue weighted by atomic mass is 9.96. The number of rotatable bonds is 5. The van der Waals surface area contributed by atoms with Gasteiger partial charge in [-0.2, -0.15) is 5.26 Å². The number of nitriles is 1. The average molecular weight is 314 g/mol. The molecule has 1 saturated heterocycles. The van der Waals surface area contributed by atoms with Crippen molar-refractivity contribution in [2.75, 3.05) is 19.7 Å². The van der Waals surface area contributed by atoms with Crippen LogP contribution in [-0.2, 0) is 20.7 Å². The van der Waals surface area contributed by atoms with E-state index in [4.69, 9.17) is 10.00 Å². The lowest BCUT2D eigenvalue weighted by Crippen LogP contribution is -2.40. The van der Waals surface area contributed by atoms with Crippen LogP contribution in [0.5, 0.6) is 0 Å². The summed E-state index contributed by atoms with van der Waals surface area (Å²) in [7, 11) is 0. The van der Waals surface area contributed by atoms with Gasteiger partial charge in [-0.3, -0.25) is 9.59 Å². The molecule has 1 aromatic rings. The smallest absolute Gasteiger partial charge is 0.309 e. The first-order chi connectivity index (χ1) is 11.1. The second-order valence-corrected chi connectivity index (χ2v) is 5.72. The van der Waals surface area contributed by atoms with E-state index in [0.717, 1.165) is 5.56 Å². The van der Waals surface area contributed by atoms with Gasteiger partial charge in [-0.25, -0.2) is 0 Å². The number of aryl methyl sites for hydroxylation is 1. The van der Waals surface area contributed by atoms with Crippen molar-refractivity contribution in [2.24, 2.45) is 5.92 Å². The number of esters is 1. The van der Waals surface area contributed by atoms with Crippen molar-refractivity contribution in [3.8, 4) is 6.07 Å². The minimum absolute atomic E-state index is 0.0717. The normalized spacial score (nSPS) is 15.0. The molecule has 5 nitrogen and oxygen atoms in total. The van der Waals surface area contributed by atoms with Gasteiger partial charge in [0.25, 0.3) is 0 Å². The van der Waals surface area contributed by atoms with Crippen molar-refractivity contribution in [2.45, 2.75) is 32.6 Å². The van der Waals surface area contributed by atoms with E-state index in [-0.39, 0.29) is 17.8 Å². The fraction of sp³-hybridized carbons (Fsp3) is 0.500. The Labute approximate surface area is 136 Å². The number of hydrogen-bond donors (Lipinski definition) is 0. The summed E-state index contributed by atoms with van der Waals surface area (Å²) in [6.07, 6.45) is 2.49. The molecule has 0 atom stereocenters. The summed E-state index contributed by atoms with van der Waals surface area (Å²) in [6.45, 7) is 3.45. The summed E-state index contributed by atoms with van der Waals surface area (Å²) in [5.74, 6) is -0.0913. The van der Waals surface area contributed by atoms with Crippen LogP contribution in [0.3, 0.4) is 0 Å². The van der Waals surface area contributed by atoms with Gasteiger partial charge in [0.15, 0.2) is 0 Å². The topological polar surface area (TPSA) is 70.4 Å². The highest BCUT2D eigenvalue weighted by molar-refractivity contribution is 5.77. The summed E-state index contributed by atoms with van der Waals surface area (Å²) in [5, 5.41) is 8.77. The van der Waals surface area contributed by atoms with Crippen molar-refractivity contribution in [3.05, 3.63) is 35.4 Å². The van der Waals surface area contributed by atoms with E-state index in [2.05, 4.69) is 6.07 Å². The van der Waals surface area contributed by atoms with Crippen LogP contribution in [0.2, 0.25) is 0 Å². The van der Waals surface area contributed by atoms with Crippen molar-refractivity contribution < 1.29 is 14.3 Å². The van der Waals surface area contributed by atoms with Crippen LogP contribution in [0.4, 0.5) is 0 Å². The summed E-state index contributed by atoms with van der Waals surface area (Å²) in [5.41, 5.74) is 1.68. The number of nitrogens with zero attached hydrogens (tertiary/aromatic N) is 2. The molecule has 2 rings (SSSR count). The Morgan fingerprint density at radius 1 is 1.26 bits per heavy atom. The van der Waals surface area contributed by atoms with Crippen LogP contribution in [-0.4, -0.2) is 36.5 Å². The SMILES string of the molecule is CCOC(=O)C1CCN(C(=O)CCc2ccc(C#N)cc2)CC1. The van der Waals surface area contributed by atoms with E-state index in [1.54, 1.807) is 19.1 Å². The van der Waals surface area contributed by atoms with E-state index < -0.39 is 0 Å². The molecule has 5 heteroatoms. The second kappa shape index (κ2) is 8.33. The first-order valence-electron chi connectivity index (χ1n) is 8.07. The molecular formula is C18H22N2O3. The Hall–Kier alpha value is -2.35. The zero-order valence-electron chi connectivity index (χ0n) is 13.5. The fourth-order valence-corrected chi connectivity index (χ4v) is 2.78. The number of benzene rings is 1. The van der Waals surface area contributed by atoms with Crippen molar-refractivity contribution in [1.29, 1.82) is 5.26 Å². The standard InChI is InChI=1S/C18H22N2O3/c1-2-23-18(22)16-9-11-20(12-10-16)17(21)8-7-14-3-5-15(13-19)6-4-14/h3-6,16H,2,7-12H2,1H3. The molecule has 0 saturated carbocycles. The maximum Gasteiger partial charge on any atom is 0.309 e. The molecule has 1 aliphatic rings. The van der Waals surface area contributed by atoms with Crippen molar-refractivity contribution in [3.63, 3.8) is 0 Å². The van der Waals surface area contributed by atoms with Crippen LogP contribution < -0.4 is 0 Å². The largest absolute Gasteiger partial charge is 0.466 e. The molecule has 0 spiro atoms. The summed E-state index contributed by atoms with van der Waals surface area (Å²) >= 11 is 0. The Balaban J connectivity index is 1.76. The van der Waals surface area contributed by atoms with Gasteiger partial charge in [-0.05, 0) is 43.9 Å². The number of carbonyl (C=O) groups is 2.